The summed E-state index contributed by atoms with van der Waals surface area (Å²) >= 11 is 0. The summed E-state index contributed by atoms with van der Waals surface area (Å²) in [7, 11) is 0. The minimum atomic E-state index is -1.65. The average Bonchev–Trinajstić information content (AvgIpc) is 2.85. The molecule has 8 nitrogen and oxygen atoms in total. The third-order valence-corrected chi connectivity index (χ3v) is 5.64. The lowest BCUT2D eigenvalue weighted by Crippen LogP contribution is -2.51. The average molecular weight is 379 g/mol. The van der Waals surface area contributed by atoms with Gasteiger partial charge >= 0.3 is 5.69 Å². The number of allylic oxidation sites excluding steroid dienone is 1. The molecule has 1 aliphatic carbocycles. The van der Waals surface area contributed by atoms with E-state index in [1.165, 1.54) is 0 Å². The van der Waals surface area contributed by atoms with Gasteiger partial charge in [0.15, 0.2) is 5.78 Å². The maximum Gasteiger partial charge on any atom is 0.328 e. The number of carbonyl (C=O) groups excluding carboxylic acids is 2. The Bertz CT molecular complexity index is 1230. The molecule has 0 saturated carbocycles. The van der Waals surface area contributed by atoms with Crippen molar-refractivity contribution >= 4 is 17.4 Å². The number of nitrogens with one attached hydrogen (secondary N) is 3. The van der Waals surface area contributed by atoms with E-state index in [9.17, 15) is 19.2 Å². The summed E-state index contributed by atoms with van der Waals surface area (Å²) in [6, 6.07) is 6.93. The van der Waals surface area contributed by atoms with E-state index in [2.05, 4.69) is 15.3 Å². The van der Waals surface area contributed by atoms with E-state index < -0.39 is 22.6 Å². The topological polar surface area (TPSA) is 121 Å². The fourth-order valence-corrected chi connectivity index (χ4v) is 4.65. The van der Waals surface area contributed by atoms with Crippen molar-refractivity contribution in [3.05, 3.63) is 67.6 Å². The Labute approximate surface area is 158 Å². The molecule has 2 aromatic rings. The van der Waals surface area contributed by atoms with Crippen LogP contribution < -0.4 is 21.3 Å². The molecule has 3 aliphatic rings. The summed E-state index contributed by atoms with van der Waals surface area (Å²) in [5.41, 5.74) is -2.38. The molecule has 0 radical (unpaired) electrons. The third-order valence-electron chi connectivity index (χ3n) is 5.64. The lowest BCUT2D eigenvalue weighted by molar-refractivity contribution is -0.124. The molecule has 1 aromatic carbocycles. The van der Waals surface area contributed by atoms with E-state index in [1.807, 2.05) is 13.8 Å². The number of H-pyrrole nitrogens is 2. The molecule has 8 heteroatoms. The largest absolute Gasteiger partial charge is 0.444 e. The van der Waals surface area contributed by atoms with Gasteiger partial charge in [-0.3, -0.25) is 24.4 Å². The molecular formula is C20H17N3O5. The van der Waals surface area contributed by atoms with Crippen LogP contribution in [0, 0.1) is 5.41 Å². The maximum absolute atomic E-state index is 13.4. The van der Waals surface area contributed by atoms with Crippen LogP contribution in [0.2, 0.25) is 0 Å². The molecule has 0 saturated heterocycles. The monoisotopic (exact) mass is 379 g/mol. The molecular weight excluding hydrogens is 362 g/mol. The molecule has 5 rings (SSSR count). The lowest BCUT2D eigenvalue weighted by Gasteiger charge is -2.41. The predicted molar refractivity (Wildman–Crippen MR) is 99.2 cm³/mol. The van der Waals surface area contributed by atoms with Crippen LogP contribution in [0.3, 0.4) is 0 Å². The summed E-state index contributed by atoms with van der Waals surface area (Å²) in [6.07, 6.45) is 0.628. The number of ketones is 1. The van der Waals surface area contributed by atoms with Gasteiger partial charge in [-0.05, 0) is 11.5 Å². The van der Waals surface area contributed by atoms with Gasteiger partial charge in [0.05, 0.1) is 5.57 Å². The summed E-state index contributed by atoms with van der Waals surface area (Å²) in [5.74, 6) is -0.516. The maximum atomic E-state index is 13.4. The normalized spacial score (nSPS) is 24.4. The molecule has 0 fully saturated rings. The number of hydrogen-bond acceptors (Lipinski definition) is 5. The number of Topliss-reactive ketones (excluding diaryl/α,β-unsaturated/α-hetero) is 1. The van der Waals surface area contributed by atoms with Gasteiger partial charge in [0.2, 0.25) is 11.8 Å². The van der Waals surface area contributed by atoms with Crippen molar-refractivity contribution in [2.24, 2.45) is 5.41 Å². The molecule has 142 valence electrons. The molecule has 1 aromatic heterocycles. The second-order valence-electron chi connectivity index (χ2n) is 8.20. The van der Waals surface area contributed by atoms with Crippen LogP contribution in [0.15, 0.2) is 45.2 Å². The number of ether oxygens (including phenoxy) is 1. The van der Waals surface area contributed by atoms with Crippen molar-refractivity contribution in [2.75, 3.05) is 5.32 Å². The number of para-hydroxylation sites is 1. The minimum absolute atomic E-state index is 0.0682. The second-order valence-corrected chi connectivity index (χ2v) is 8.20. The Balaban J connectivity index is 1.96. The highest BCUT2D eigenvalue weighted by molar-refractivity contribution is 6.18. The van der Waals surface area contributed by atoms with Crippen LogP contribution in [-0.2, 0) is 15.0 Å². The van der Waals surface area contributed by atoms with Crippen molar-refractivity contribution in [3.8, 4) is 5.88 Å². The Kier molecular flexibility index (Phi) is 3.04. The van der Waals surface area contributed by atoms with Gasteiger partial charge in [0.1, 0.15) is 16.7 Å². The lowest BCUT2D eigenvalue weighted by atomic mass is 9.62. The number of aromatic amines is 2. The molecule has 1 amide bonds. The Hall–Kier alpha value is -3.42. The van der Waals surface area contributed by atoms with Crippen molar-refractivity contribution in [2.45, 2.75) is 32.1 Å². The standard InChI is InChI=1S/C20H17N3O5/c1-19(2)7-11(24)13-12(8-19)28-16-14(15(25)22-18(27)23-16)20(13)9-5-3-4-6-10(9)21-17(20)26/h3-6H,7-8H2,1-2H3,(H,21,26)(H2,22,23,25,27). The highest BCUT2D eigenvalue weighted by Crippen LogP contribution is 2.55. The van der Waals surface area contributed by atoms with Gasteiger partial charge in [-0.15, -0.1) is 0 Å². The second kappa shape index (κ2) is 5.09. The van der Waals surface area contributed by atoms with Crippen LogP contribution in [0.5, 0.6) is 5.88 Å². The number of carbonyl (C=O) groups is 2. The summed E-state index contributed by atoms with van der Waals surface area (Å²) in [5, 5.41) is 2.79. The zero-order chi connectivity index (χ0) is 19.8. The predicted octanol–water partition coefficient (Wildman–Crippen LogP) is 1.34. The van der Waals surface area contributed by atoms with E-state index in [0.29, 0.717) is 23.4 Å². The number of aromatic nitrogens is 2. The van der Waals surface area contributed by atoms with Crippen LogP contribution in [0.25, 0.3) is 0 Å². The van der Waals surface area contributed by atoms with Gasteiger partial charge in [-0.25, -0.2) is 4.79 Å². The van der Waals surface area contributed by atoms with Gasteiger partial charge < -0.3 is 10.1 Å². The zero-order valence-corrected chi connectivity index (χ0v) is 15.3. The highest BCUT2D eigenvalue weighted by Gasteiger charge is 2.61. The molecule has 3 heterocycles. The molecule has 0 bridgehead atoms. The molecule has 2 aliphatic heterocycles. The summed E-state index contributed by atoms with van der Waals surface area (Å²) < 4.78 is 5.86. The smallest absolute Gasteiger partial charge is 0.328 e. The first kappa shape index (κ1) is 16.7. The Morgan fingerprint density at radius 3 is 2.54 bits per heavy atom. The first-order chi connectivity index (χ1) is 13.2. The van der Waals surface area contributed by atoms with Crippen LogP contribution >= 0.6 is 0 Å². The molecule has 28 heavy (non-hydrogen) atoms. The number of benzene rings is 1. The van der Waals surface area contributed by atoms with Gasteiger partial charge in [-0.2, -0.15) is 0 Å². The summed E-state index contributed by atoms with van der Waals surface area (Å²) in [6.45, 7) is 3.87. The quantitative estimate of drug-likeness (QED) is 0.638. The molecule has 1 atom stereocenters. The molecule has 1 unspecified atom stereocenters. The zero-order valence-electron chi connectivity index (χ0n) is 15.3. The van der Waals surface area contributed by atoms with Gasteiger partial charge in [0.25, 0.3) is 5.56 Å². The summed E-state index contributed by atoms with van der Waals surface area (Å²) in [4.78, 5) is 56.0. The number of anilines is 1. The van der Waals surface area contributed by atoms with Crippen molar-refractivity contribution in [3.63, 3.8) is 0 Å². The molecule has 3 N–H and O–H groups in total. The SMILES string of the molecule is CC1(C)CC(=O)C2=C(C1)Oc1[nH]c(=O)[nH]c(=O)c1C21C(=O)Nc2ccccc21. The number of rotatable bonds is 0. The third kappa shape index (κ3) is 1.94. The van der Waals surface area contributed by atoms with Gasteiger partial charge in [-0.1, -0.05) is 32.0 Å². The highest BCUT2D eigenvalue weighted by atomic mass is 16.5. The van der Waals surface area contributed by atoms with Crippen LogP contribution in [-0.4, -0.2) is 21.7 Å². The van der Waals surface area contributed by atoms with Crippen molar-refractivity contribution in [1.82, 2.24) is 9.97 Å². The fourth-order valence-electron chi connectivity index (χ4n) is 4.65. The Morgan fingerprint density at radius 1 is 1.00 bits per heavy atom. The van der Waals surface area contributed by atoms with Crippen molar-refractivity contribution in [1.29, 1.82) is 0 Å². The number of amides is 1. The number of hydrogen-bond donors (Lipinski definition) is 3. The van der Waals surface area contributed by atoms with Crippen LogP contribution in [0.4, 0.5) is 5.69 Å². The Morgan fingerprint density at radius 2 is 1.75 bits per heavy atom. The van der Waals surface area contributed by atoms with E-state index in [-0.39, 0.29) is 34.6 Å². The fraction of sp³-hybridized carbons (Fsp3) is 0.300. The first-order valence-corrected chi connectivity index (χ1v) is 8.97. The molecule has 1 spiro atoms. The van der Waals surface area contributed by atoms with Crippen molar-refractivity contribution < 1.29 is 14.3 Å². The minimum Gasteiger partial charge on any atom is -0.444 e. The van der Waals surface area contributed by atoms with E-state index >= 15 is 0 Å². The first-order valence-electron chi connectivity index (χ1n) is 8.97. The van der Waals surface area contributed by atoms with Gasteiger partial charge in [0, 0.05) is 24.1 Å². The van der Waals surface area contributed by atoms with E-state index in [0.717, 1.165) is 0 Å². The van der Waals surface area contributed by atoms with E-state index in [1.54, 1.807) is 24.3 Å². The van der Waals surface area contributed by atoms with Crippen LogP contribution in [0.1, 0.15) is 37.8 Å². The number of fused-ring (bicyclic) bond motifs is 5. The van der Waals surface area contributed by atoms with E-state index in [4.69, 9.17) is 4.74 Å².